The first kappa shape index (κ1) is 12.3. The van der Waals surface area contributed by atoms with Gasteiger partial charge in [-0.15, -0.1) is 0 Å². The van der Waals surface area contributed by atoms with Gasteiger partial charge in [0.2, 0.25) is 0 Å². The van der Waals surface area contributed by atoms with Crippen molar-refractivity contribution in [3.63, 3.8) is 0 Å². The maximum Gasteiger partial charge on any atom is 0.416 e. The van der Waals surface area contributed by atoms with Crippen LogP contribution in [0.15, 0.2) is 35.3 Å². The Morgan fingerprint density at radius 1 is 1.22 bits per heavy atom. The quantitative estimate of drug-likeness (QED) is 0.850. The van der Waals surface area contributed by atoms with Crippen molar-refractivity contribution in [1.29, 1.82) is 0 Å². The smallest absolute Gasteiger partial charge is 0.268 e. The molecule has 0 aliphatic heterocycles. The summed E-state index contributed by atoms with van der Waals surface area (Å²) in [6.45, 7) is 1.56. The molecule has 2 rings (SSSR count). The fourth-order valence-electron chi connectivity index (χ4n) is 1.69. The van der Waals surface area contributed by atoms with Crippen molar-refractivity contribution in [3.8, 4) is 11.1 Å². The maximum absolute atomic E-state index is 12.5. The summed E-state index contributed by atoms with van der Waals surface area (Å²) in [4.78, 5) is 11.1. The topological polar surface area (TPSA) is 45.8 Å². The molecule has 2 aromatic rings. The highest BCUT2D eigenvalue weighted by Gasteiger charge is 2.30. The van der Waals surface area contributed by atoms with Gasteiger partial charge >= 0.3 is 6.18 Å². The number of aromatic nitrogens is 2. The molecule has 1 heterocycles. The highest BCUT2D eigenvalue weighted by atomic mass is 19.4. The first-order chi connectivity index (χ1) is 8.38. The van der Waals surface area contributed by atoms with Crippen molar-refractivity contribution in [1.82, 2.24) is 10.2 Å². The van der Waals surface area contributed by atoms with E-state index in [1.807, 2.05) is 0 Å². The minimum Gasteiger partial charge on any atom is -0.268 e. The van der Waals surface area contributed by atoms with Gasteiger partial charge in [0.25, 0.3) is 5.56 Å². The third-order valence-electron chi connectivity index (χ3n) is 2.53. The summed E-state index contributed by atoms with van der Waals surface area (Å²) in [6, 6.07) is 4.68. The van der Waals surface area contributed by atoms with Crippen molar-refractivity contribution >= 4 is 0 Å². The van der Waals surface area contributed by atoms with E-state index in [-0.39, 0.29) is 0 Å². The molecule has 0 spiro atoms. The van der Waals surface area contributed by atoms with Crippen molar-refractivity contribution in [2.75, 3.05) is 0 Å². The van der Waals surface area contributed by atoms with Crippen LogP contribution in [-0.2, 0) is 6.18 Å². The second-order valence-corrected chi connectivity index (χ2v) is 3.86. The van der Waals surface area contributed by atoms with Crippen LogP contribution < -0.4 is 5.56 Å². The van der Waals surface area contributed by atoms with E-state index in [2.05, 4.69) is 10.2 Å². The van der Waals surface area contributed by atoms with E-state index in [0.29, 0.717) is 16.7 Å². The first-order valence-corrected chi connectivity index (χ1v) is 5.11. The predicted molar refractivity (Wildman–Crippen MR) is 60.0 cm³/mol. The monoisotopic (exact) mass is 254 g/mol. The van der Waals surface area contributed by atoms with E-state index >= 15 is 0 Å². The van der Waals surface area contributed by atoms with Crippen molar-refractivity contribution in [3.05, 3.63) is 51.9 Å². The summed E-state index contributed by atoms with van der Waals surface area (Å²) in [7, 11) is 0. The second kappa shape index (κ2) is 4.29. The van der Waals surface area contributed by atoms with Gasteiger partial charge in [-0.05, 0) is 30.2 Å². The Morgan fingerprint density at radius 3 is 2.50 bits per heavy atom. The largest absolute Gasteiger partial charge is 0.416 e. The molecule has 1 aromatic carbocycles. The Morgan fingerprint density at radius 2 is 1.94 bits per heavy atom. The number of H-pyrrole nitrogens is 1. The van der Waals surface area contributed by atoms with Gasteiger partial charge in [-0.25, -0.2) is 5.10 Å². The number of aryl methyl sites for hydroxylation is 1. The standard InChI is InChI=1S/C12H9F3N2O/c1-7-4-9(12(13,14)15)2-3-10(7)8-5-11(18)17-16-6-8/h2-6H,1H3,(H,17,18). The molecule has 94 valence electrons. The molecule has 0 radical (unpaired) electrons. The SMILES string of the molecule is Cc1cc(C(F)(F)F)ccc1-c1cn[nH]c(=O)c1. The number of benzene rings is 1. The van der Waals surface area contributed by atoms with Crippen LogP contribution in [0.25, 0.3) is 11.1 Å². The number of hydrogen-bond donors (Lipinski definition) is 1. The molecule has 0 amide bonds. The van der Waals surface area contributed by atoms with E-state index in [0.717, 1.165) is 12.1 Å². The molecule has 1 N–H and O–H groups in total. The Labute approximate surface area is 100 Å². The number of hydrogen-bond acceptors (Lipinski definition) is 2. The molecule has 1 aromatic heterocycles. The number of rotatable bonds is 1. The minimum atomic E-state index is -4.37. The van der Waals surface area contributed by atoms with Gasteiger partial charge in [0.1, 0.15) is 0 Å². The lowest BCUT2D eigenvalue weighted by atomic mass is 10.00. The van der Waals surface area contributed by atoms with Crippen LogP contribution in [0.2, 0.25) is 0 Å². The molecule has 0 bridgehead atoms. The average molecular weight is 254 g/mol. The van der Waals surface area contributed by atoms with Crippen LogP contribution in [0.3, 0.4) is 0 Å². The number of halogens is 3. The third-order valence-corrected chi connectivity index (χ3v) is 2.53. The van der Waals surface area contributed by atoms with Gasteiger partial charge in [0.15, 0.2) is 0 Å². The molecule has 0 atom stereocenters. The summed E-state index contributed by atoms with van der Waals surface area (Å²) in [5, 5.41) is 5.82. The van der Waals surface area contributed by atoms with Crippen LogP contribution >= 0.6 is 0 Å². The van der Waals surface area contributed by atoms with Crippen molar-refractivity contribution < 1.29 is 13.2 Å². The van der Waals surface area contributed by atoms with Crippen LogP contribution in [0, 0.1) is 6.92 Å². The molecule has 0 saturated carbocycles. The zero-order chi connectivity index (χ0) is 13.3. The molecule has 0 fully saturated rings. The Bertz CT molecular complexity index is 632. The zero-order valence-electron chi connectivity index (χ0n) is 9.38. The van der Waals surface area contributed by atoms with Gasteiger partial charge < -0.3 is 0 Å². The molecule has 3 nitrogen and oxygen atoms in total. The highest BCUT2D eigenvalue weighted by molar-refractivity contribution is 5.66. The van der Waals surface area contributed by atoms with Crippen molar-refractivity contribution in [2.45, 2.75) is 13.1 Å². The summed E-state index contributed by atoms with van der Waals surface area (Å²) in [6.07, 6.45) is -2.97. The van der Waals surface area contributed by atoms with Gasteiger partial charge in [-0.2, -0.15) is 18.3 Å². The zero-order valence-corrected chi connectivity index (χ0v) is 9.38. The normalized spacial score (nSPS) is 11.6. The lowest BCUT2D eigenvalue weighted by molar-refractivity contribution is -0.137. The molecule has 0 unspecified atom stereocenters. The van der Waals surface area contributed by atoms with E-state index in [1.165, 1.54) is 18.3 Å². The van der Waals surface area contributed by atoms with Crippen LogP contribution in [-0.4, -0.2) is 10.2 Å². The molecule has 18 heavy (non-hydrogen) atoms. The third kappa shape index (κ3) is 2.42. The van der Waals surface area contributed by atoms with E-state index in [9.17, 15) is 18.0 Å². The van der Waals surface area contributed by atoms with Crippen LogP contribution in [0.4, 0.5) is 13.2 Å². The van der Waals surface area contributed by atoms with E-state index in [4.69, 9.17) is 0 Å². The summed E-state index contributed by atoms with van der Waals surface area (Å²) in [5.74, 6) is 0. The number of aromatic amines is 1. The maximum atomic E-state index is 12.5. The molecule has 0 aliphatic carbocycles. The molecule has 0 aliphatic rings. The summed E-state index contributed by atoms with van der Waals surface area (Å²) >= 11 is 0. The Hall–Kier alpha value is -2.11. The fourth-order valence-corrected chi connectivity index (χ4v) is 1.69. The first-order valence-electron chi connectivity index (χ1n) is 5.11. The summed E-state index contributed by atoms with van der Waals surface area (Å²) in [5.41, 5.74) is 0.386. The molecule has 0 saturated heterocycles. The van der Waals surface area contributed by atoms with E-state index in [1.54, 1.807) is 6.92 Å². The molecular formula is C12H9F3N2O. The number of alkyl halides is 3. The fraction of sp³-hybridized carbons (Fsp3) is 0.167. The summed E-state index contributed by atoms with van der Waals surface area (Å²) < 4.78 is 37.5. The predicted octanol–water partition coefficient (Wildman–Crippen LogP) is 2.76. The van der Waals surface area contributed by atoms with Gasteiger partial charge in [0, 0.05) is 11.6 Å². The number of nitrogens with one attached hydrogen (secondary N) is 1. The highest BCUT2D eigenvalue weighted by Crippen LogP contribution is 2.32. The van der Waals surface area contributed by atoms with Gasteiger partial charge in [-0.3, -0.25) is 4.79 Å². The van der Waals surface area contributed by atoms with Crippen LogP contribution in [0.1, 0.15) is 11.1 Å². The van der Waals surface area contributed by atoms with Crippen molar-refractivity contribution in [2.24, 2.45) is 0 Å². The number of nitrogens with zero attached hydrogens (tertiary/aromatic N) is 1. The lowest BCUT2D eigenvalue weighted by Crippen LogP contribution is -2.07. The Balaban J connectivity index is 2.52. The van der Waals surface area contributed by atoms with E-state index < -0.39 is 17.3 Å². The molecular weight excluding hydrogens is 245 g/mol. The molecule has 6 heteroatoms. The Kier molecular flexibility index (Phi) is 2.94. The average Bonchev–Trinajstić information content (AvgIpc) is 2.27. The van der Waals surface area contributed by atoms with Crippen LogP contribution in [0.5, 0.6) is 0 Å². The van der Waals surface area contributed by atoms with Gasteiger partial charge in [-0.1, -0.05) is 6.07 Å². The lowest BCUT2D eigenvalue weighted by Gasteiger charge is -2.10. The second-order valence-electron chi connectivity index (χ2n) is 3.86. The van der Waals surface area contributed by atoms with Gasteiger partial charge in [0.05, 0.1) is 11.8 Å². The minimum absolute atomic E-state index is 0.396.